The first-order valence-electron chi connectivity index (χ1n) is 5.16. The Balaban J connectivity index is 3.86. The Hall–Kier alpha value is -0.330. The summed E-state index contributed by atoms with van der Waals surface area (Å²) in [5.74, 6) is -0.232. The number of nitrogens with zero attached hydrogens (tertiary/aromatic N) is 1. The summed E-state index contributed by atoms with van der Waals surface area (Å²) in [7, 11) is -3.14. The zero-order valence-corrected chi connectivity index (χ0v) is 11.4. The first-order chi connectivity index (χ1) is 7.29. The fourth-order valence-electron chi connectivity index (χ4n) is 1.17. The number of carbonyl (C=O) groups excluding carboxylic acids is 1. The summed E-state index contributed by atoms with van der Waals surface area (Å²) in [5.41, 5.74) is 0. The van der Waals surface area contributed by atoms with E-state index in [-0.39, 0.29) is 5.91 Å². The third kappa shape index (κ3) is 6.30. The molecule has 7 heteroatoms. The lowest BCUT2D eigenvalue weighted by atomic mass is 10.4. The molecule has 0 aromatic carbocycles. The zero-order chi connectivity index (χ0) is 12.8. The van der Waals surface area contributed by atoms with E-state index in [0.29, 0.717) is 26.1 Å². The van der Waals surface area contributed by atoms with Crippen molar-refractivity contribution in [2.75, 3.05) is 25.9 Å². The summed E-state index contributed by atoms with van der Waals surface area (Å²) >= 11 is 5.55. The van der Waals surface area contributed by atoms with Gasteiger partial charge in [-0.3, -0.25) is 4.79 Å². The van der Waals surface area contributed by atoms with E-state index in [9.17, 15) is 13.2 Å². The highest BCUT2D eigenvalue weighted by molar-refractivity contribution is 7.88. The molecule has 0 aromatic rings. The zero-order valence-electron chi connectivity index (χ0n) is 9.86. The van der Waals surface area contributed by atoms with Gasteiger partial charge in [0.25, 0.3) is 0 Å². The summed E-state index contributed by atoms with van der Waals surface area (Å²) in [4.78, 5) is 11.1. The molecule has 0 aromatic heterocycles. The second-order valence-electron chi connectivity index (χ2n) is 3.52. The molecule has 0 saturated carbocycles. The fraction of sp³-hybridized carbons (Fsp3) is 0.889. The highest BCUT2D eigenvalue weighted by Crippen LogP contribution is 1.98. The average Bonchev–Trinajstić information content (AvgIpc) is 2.15. The van der Waals surface area contributed by atoms with Crippen molar-refractivity contribution in [2.24, 2.45) is 0 Å². The van der Waals surface area contributed by atoms with Crippen molar-refractivity contribution in [3.8, 4) is 0 Å². The smallest absolute Gasteiger partial charge is 0.237 e. The number of carbonyl (C=O) groups is 1. The Labute approximate surface area is 102 Å². The third-order valence-corrected chi connectivity index (χ3v) is 3.64. The standard InChI is InChI=1S/C9H19ClN2O3S/c1-4-12(16(3,14)15)7-5-6-11-9(13)8(2)10/h8H,4-7H2,1-3H3,(H,11,13). The second kappa shape index (κ2) is 7.09. The van der Waals surface area contributed by atoms with Gasteiger partial charge in [-0.1, -0.05) is 6.92 Å². The molecular formula is C9H19ClN2O3S. The summed E-state index contributed by atoms with van der Waals surface area (Å²) in [6, 6.07) is 0. The van der Waals surface area contributed by atoms with Gasteiger partial charge in [-0.2, -0.15) is 0 Å². The summed E-state index contributed by atoms with van der Waals surface area (Å²) < 4.78 is 23.8. The second-order valence-corrected chi connectivity index (χ2v) is 6.15. The number of nitrogens with one attached hydrogen (secondary N) is 1. The van der Waals surface area contributed by atoms with Gasteiger partial charge in [-0.15, -0.1) is 11.6 Å². The van der Waals surface area contributed by atoms with Gasteiger partial charge in [0, 0.05) is 19.6 Å². The van der Waals surface area contributed by atoms with Crippen LogP contribution in [0.5, 0.6) is 0 Å². The first-order valence-corrected chi connectivity index (χ1v) is 7.44. The lowest BCUT2D eigenvalue weighted by Crippen LogP contribution is -2.35. The molecule has 1 unspecified atom stereocenters. The molecule has 0 heterocycles. The molecule has 16 heavy (non-hydrogen) atoms. The highest BCUT2D eigenvalue weighted by atomic mass is 35.5. The molecule has 1 atom stereocenters. The van der Waals surface area contributed by atoms with Crippen molar-refractivity contribution in [3.05, 3.63) is 0 Å². The van der Waals surface area contributed by atoms with Crippen LogP contribution in [0.4, 0.5) is 0 Å². The fourth-order valence-corrected chi connectivity index (χ4v) is 2.17. The number of alkyl halides is 1. The normalized spacial score (nSPS) is 13.8. The van der Waals surface area contributed by atoms with Gasteiger partial charge in [0.1, 0.15) is 5.38 Å². The van der Waals surface area contributed by atoms with Crippen LogP contribution in [0.2, 0.25) is 0 Å². The molecular weight excluding hydrogens is 252 g/mol. The molecule has 0 aliphatic rings. The SMILES string of the molecule is CCN(CCCNC(=O)C(C)Cl)S(C)(=O)=O. The maximum Gasteiger partial charge on any atom is 0.237 e. The molecule has 0 aliphatic heterocycles. The van der Waals surface area contributed by atoms with Crippen LogP contribution in [0.3, 0.4) is 0 Å². The number of amides is 1. The first kappa shape index (κ1) is 15.7. The summed E-state index contributed by atoms with van der Waals surface area (Å²) in [5, 5.41) is 2.06. The van der Waals surface area contributed by atoms with Crippen molar-refractivity contribution in [3.63, 3.8) is 0 Å². The lowest BCUT2D eigenvalue weighted by molar-refractivity contribution is -0.120. The summed E-state index contributed by atoms with van der Waals surface area (Å²) in [6.45, 7) is 4.65. The molecule has 96 valence electrons. The minimum absolute atomic E-state index is 0.232. The maximum absolute atomic E-state index is 11.2. The van der Waals surface area contributed by atoms with Gasteiger partial charge in [0.15, 0.2) is 0 Å². The highest BCUT2D eigenvalue weighted by Gasteiger charge is 2.13. The molecule has 0 radical (unpaired) electrons. The van der Waals surface area contributed by atoms with Crippen LogP contribution in [0, 0.1) is 0 Å². The molecule has 0 spiro atoms. The number of hydrogen-bond donors (Lipinski definition) is 1. The van der Waals surface area contributed by atoms with E-state index < -0.39 is 15.4 Å². The Kier molecular flexibility index (Phi) is 6.94. The van der Waals surface area contributed by atoms with E-state index >= 15 is 0 Å². The molecule has 1 amide bonds. The van der Waals surface area contributed by atoms with Gasteiger partial charge in [0.05, 0.1) is 6.26 Å². The van der Waals surface area contributed by atoms with Gasteiger partial charge in [0.2, 0.25) is 15.9 Å². The quantitative estimate of drug-likeness (QED) is 0.538. The van der Waals surface area contributed by atoms with Gasteiger partial charge < -0.3 is 5.32 Å². The van der Waals surface area contributed by atoms with Crippen LogP contribution in [-0.4, -0.2) is 49.9 Å². The topological polar surface area (TPSA) is 66.5 Å². The van der Waals surface area contributed by atoms with Gasteiger partial charge >= 0.3 is 0 Å². The van der Waals surface area contributed by atoms with E-state index in [0.717, 1.165) is 0 Å². The largest absolute Gasteiger partial charge is 0.355 e. The number of halogens is 1. The van der Waals surface area contributed by atoms with E-state index in [2.05, 4.69) is 5.32 Å². The molecule has 0 bridgehead atoms. The third-order valence-electron chi connectivity index (χ3n) is 2.07. The predicted molar refractivity (Wildman–Crippen MR) is 65.0 cm³/mol. The van der Waals surface area contributed by atoms with Crippen molar-refractivity contribution < 1.29 is 13.2 Å². The monoisotopic (exact) mass is 270 g/mol. The Morgan fingerprint density at radius 2 is 2.06 bits per heavy atom. The minimum atomic E-state index is -3.14. The number of hydrogen-bond acceptors (Lipinski definition) is 3. The molecule has 0 rings (SSSR count). The summed E-state index contributed by atoms with van der Waals surface area (Å²) in [6.07, 6.45) is 1.76. The van der Waals surface area contributed by atoms with Crippen LogP contribution < -0.4 is 5.32 Å². The lowest BCUT2D eigenvalue weighted by Gasteiger charge is -2.17. The van der Waals surface area contributed by atoms with Gasteiger partial charge in [-0.05, 0) is 13.3 Å². The Morgan fingerprint density at radius 1 is 1.50 bits per heavy atom. The maximum atomic E-state index is 11.2. The number of sulfonamides is 1. The van der Waals surface area contributed by atoms with Crippen LogP contribution in [0.25, 0.3) is 0 Å². The number of rotatable bonds is 7. The van der Waals surface area contributed by atoms with E-state index in [1.807, 2.05) is 0 Å². The van der Waals surface area contributed by atoms with Crippen LogP contribution in [0.1, 0.15) is 20.3 Å². The van der Waals surface area contributed by atoms with Crippen molar-refractivity contribution in [1.29, 1.82) is 0 Å². The van der Waals surface area contributed by atoms with Crippen molar-refractivity contribution in [1.82, 2.24) is 9.62 Å². The van der Waals surface area contributed by atoms with Crippen LogP contribution >= 0.6 is 11.6 Å². The molecule has 5 nitrogen and oxygen atoms in total. The molecule has 0 saturated heterocycles. The Morgan fingerprint density at radius 3 is 2.44 bits per heavy atom. The van der Waals surface area contributed by atoms with Gasteiger partial charge in [-0.25, -0.2) is 12.7 Å². The molecule has 0 fully saturated rings. The van der Waals surface area contributed by atoms with Crippen molar-refractivity contribution in [2.45, 2.75) is 25.6 Å². The van der Waals surface area contributed by atoms with E-state index in [4.69, 9.17) is 11.6 Å². The van der Waals surface area contributed by atoms with Crippen molar-refractivity contribution >= 4 is 27.5 Å². The molecule has 0 aliphatic carbocycles. The van der Waals surface area contributed by atoms with Crippen LogP contribution in [0.15, 0.2) is 0 Å². The Bertz CT molecular complexity index is 317. The molecule has 1 N–H and O–H groups in total. The van der Waals surface area contributed by atoms with E-state index in [1.165, 1.54) is 10.6 Å². The minimum Gasteiger partial charge on any atom is -0.355 e. The predicted octanol–water partition coefficient (Wildman–Crippen LogP) is 0.402. The van der Waals surface area contributed by atoms with E-state index in [1.54, 1.807) is 13.8 Å². The average molecular weight is 271 g/mol. The van der Waals surface area contributed by atoms with Crippen LogP contribution in [-0.2, 0) is 14.8 Å².